The van der Waals surface area contributed by atoms with Gasteiger partial charge in [-0.25, -0.2) is 0 Å². The number of aromatic nitrogens is 2. The molecule has 15 heavy (non-hydrogen) atoms. The molecule has 2 rings (SSSR count). The Hall–Kier alpha value is -1.49. The third-order valence-electron chi connectivity index (χ3n) is 2.20. The summed E-state index contributed by atoms with van der Waals surface area (Å²) >= 11 is 3.32. The van der Waals surface area contributed by atoms with Gasteiger partial charge >= 0.3 is 0 Å². The minimum absolute atomic E-state index is 0.188. The predicted molar refractivity (Wildman–Crippen MR) is 62.4 cm³/mol. The summed E-state index contributed by atoms with van der Waals surface area (Å²) in [6.45, 7) is 0. The molecule has 5 heteroatoms. The molecule has 0 atom stereocenters. The number of phenolic OH excluding ortho intramolecular Hbond substituents is 1. The number of nitrogen functional groups attached to an aromatic ring is 1. The summed E-state index contributed by atoms with van der Waals surface area (Å²) in [7, 11) is 1.81. The van der Waals surface area contributed by atoms with Gasteiger partial charge in [0.05, 0.1) is 22.1 Å². The number of hydrogen-bond acceptors (Lipinski definition) is 3. The van der Waals surface area contributed by atoms with Crippen LogP contribution >= 0.6 is 15.9 Å². The summed E-state index contributed by atoms with van der Waals surface area (Å²) in [6.07, 6.45) is 1.59. The SMILES string of the molecule is Cn1ncc(N)c1-c1cccc(O)c1Br. The second-order valence-corrected chi connectivity index (χ2v) is 4.00. The quantitative estimate of drug-likeness (QED) is 0.832. The maximum absolute atomic E-state index is 9.56. The van der Waals surface area contributed by atoms with Crippen LogP contribution in [0.4, 0.5) is 5.69 Å². The molecule has 0 saturated carbocycles. The first-order valence-corrected chi connectivity index (χ1v) is 5.16. The molecule has 0 amide bonds. The Balaban J connectivity index is 2.69. The van der Waals surface area contributed by atoms with Gasteiger partial charge in [-0.15, -0.1) is 0 Å². The maximum atomic E-state index is 9.56. The van der Waals surface area contributed by atoms with E-state index < -0.39 is 0 Å². The fourth-order valence-corrected chi connectivity index (χ4v) is 1.94. The second kappa shape index (κ2) is 3.58. The number of rotatable bonds is 1. The fourth-order valence-electron chi connectivity index (χ4n) is 1.49. The van der Waals surface area contributed by atoms with Crippen molar-refractivity contribution in [2.75, 3.05) is 5.73 Å². The van der Waals surface area contributed by atoms with E-state index in [1.54, 1.807) is 23.0 Å². The monoisotopic (exact) mass is 267 g/mol. The van der Waals surface area contributed by atoms with Crippen molar-refractivity contribution in [3.8, 4) is 17.0 Å². The number of benzene rings is 1. The van der Waals surface area contributed by atoms with Crippen molar-refractivity contribution in [3.05, 3.63) is 28.9 Å². The van der Waals surface area contributed by atoms with Gasteiger partial charge in [0.25, 0.3) is 0 Å². The van der Waals surface area contributed by atoms with Gasteiger partial charge in [-0.1, -0.05) is 12.1 Å². The highest BCUT2D eigenvalue weighted by molar-refractivity contribution is 9.10. The van der Waals surface area contributed by atoms with Gasteiger partial charge in [-0.05, 0) is 22.0 Å². The lowest BCUT2D eigenvalue weighted by molar-refractivity contribution is 0.472. The number of aromatic hydroxyl groups is 1. The molecule has 1 aromatic carbocycles. The van der Waals surface area contributed by atoms with Crippen molar-refractivity contribution in [2.45, 2.75) is 0 Å². The van der Waals surface area contributed by atoms with Crippen molar-refractivity contribution >= 4 is 21.6 Å². The topological polar surface area (TPSA) is 64.1 Å². The Morgan fingerprint density at radius 3 is 2.80 bits per heavy atom. The Kier molecular flexibility index (Phi) is 2.40. The third-order valence-corrected chi connectivity index (χ3v) is 3.03. The van der Waals surface area contributed by atoms with E-state index in [2.05, 4.69) is 21.0 Å². The van der Waals surface area contributed by atoms with Crippen molar-refractivity contribution in [1.29, 1.82) is 0 Å². The number of halogens is 1. The van der Waals surface area contributed by atoms with Gasteiger partial charge in [0.2, 0.25) is 0 Å². The van der Waals surface area contributed by atoms with Gasteiger partial charge < -0.3 is 10.8 Å². The lowest BCUT2D eigenvalue weighted by atomic mass is 10.1. The van der Waals surface area contributed by atoms with Gasteiger partial charge in [-0.3, -0.25) is 4.68 Å². The van der Waals surface area contributed by atoms with E-state index >= 15 is 0 Å². The van der Waals surface area contributed by atoms with E-state index in [4.69, 9.17) is 5.73 Å². The molecule has 0 fully saturated rings. The zero-order chi connectivity index (χ0) is 11.0. The van der Waals surface area contributed by atoms with Crippen LogP contribution in [0.5, 0.6) is 5.75 Å². The van der Waals surface area contributed by atoms with Gasteiger partial charge in [-0.2, -0.15) is 5.10 Å². The van der Waals surface area contributed by atoms with Gasteiger partial charge in [0.1, 0.15) is 5.75 Å². The third kappa shape index (κ3) is 1.59. The first-order chi connectivity index (χ1) is 7.11. The number of nitrogens with two attached hydrogens (primary N) is 1. The predicted octanol–water partition coefficient (Wildman–Crippen LogP) is 2.14. The van der Waals surface area contributed by atoms with E-state index in [1.807, 2.05) is 13.1 Å². The minimum Gasteiger partial charge on any atom is -0.507 e. The first kappa shape index (κ1) is 10.0. The number of phenols is 1. The summed E-state index contributed by atoms with van der Waals surface area (Å²) in [5.74, 6) is 0.188. The smallest absolute Gasteiger partial charge is 0.130 e. The molecule has 2 aromatic rings. The van der Waals surface area contributed by atoms with Crippen LogP contribution in [0.2, 0.25) is 0 Å². The van der Waals surface area contributed by atoms with Crippen LogP contribution in [-0.4, -0.2) is 14.9 Å². The number of aryl methyl sites for hydroxylation is 1. The molecule has 0 spiro atoms. The number of anilines is 1. The van der Waals surface area contributed by atoms with Crippen LogP contribution in [0, 0.1) is 0 Å². The summed E-state index contributed by atoms with van der Waals surface area (Å²) in [5.41, 5.74) is 8.01. The molecular weight excluding hydrogens is 258 g/mol. The van der Waals surface area contributed by atoms with E-state index in [0.29, 0.717) is 10.2 Å². The Morgan fingerprint density at radius 1 is 1.47 bits per heavy atom. The molecule has 0 aliphatic carbocycles. The Morgan fingerprint density at radius 2 is 2.20 bits per heavy atom. The lowest BCUT2D eigenvalue weighted by Crippen LogP contribution is -1.96. The average Bonchev–Trinajstić information content (AvgIpc) is 2.52. The molecule has 0 aliphatic rings. The zero-order valence-electron chi connectivity index (χ0n) is 8.11. The molecule has 1 heterocycles. The van der Waals surface area contributed by atoms with Crippen molar-refractivity contribution < 1.29 is 5.11 Å². The molecule has 78 valence electrons. The van der Waals surface area contributed by atoms with Crippen LogP contribution in [0.3, 0.4) is 0 Å². The fraction of sp³-hybridized carbons (Fsp3) is 0.100. The Bertz CT molecular complexity index is 488. The van der Waals surface area contributed by atoms with Gasteiger partial charge in [0.15, 0.2) is 0 Å². The van der Waals surface area contributed by atoms with E-state index in [-0.39, 0.29) is 5.75 Å². The lowest BCUT2D eigenvalue weighted by Gasteiger charge is -2.07. The van der Waals surface area contributed by atoms with Gasteiger partial charge in [0, 0.05) is 12.6 Å². The van der Waals surface area contributed by atoms with E-state index in [9.17, 15) is 5.11 Å². The molecule has 0 aliphatic heterocycles. The number of nitrogens with zero attached hydrogens (tertiary/aromatic N) is 2. The molecule has 4 nitrogen and oxygen atoms in total. The summed E-state index contributed by atoms with van der Waals surface area (Å²) in [4.78, 5) is 0. The molecule has 0 radical (unpaired) electrons. The van der Waals surface area contributed by atoms with Crippen LogP contribution in [0.1, 0.15) is 0 Å². The normalized spacial score (nSPS) is 10.5. The molecule has 3 N–H and O–H groups in total. The first-order valence-electron chi connectivity index (χ1n) is 4.36. The van der Waals surface area contributed by atoms with Crippen LogP contribution in [0.15, 0.2) is 28.9 Å². The van der Waals surface area contributed by atoms with Crippen LogP contribution in [-0.2, 0) is 7.05 Å². The van der Waals surface area contributed by atoms with Crippen LogP contribution < -0.4 is 5.73 Å². The number of hydrogen-bond donors (Lipinski definition) is 2. The highest BCUT2D eigenvalue weighted by atomic mass is 79.9. The van der Waals surface area contributed by atoms with Crippen molar-refractivity contribution in [3.63, 3.8) is 0 Å². The minimum atomic E-state index is 0.188. The second-order valence-electron chi connectivity index (χ2n) is 3.21. The summed E-state index contributed by atoms with van der Waals surface area (Å²) in [5, 5.41) is 13.6. The molecule has 0 unspecified atom stereocenters. The standard InChI is InChI=1S/C10H10BrN3O/c1-14-10(7(12)5-13-14)6-3-2-4-8(15)9(6)11/h2-5,15H,12H2,1H3. The molecule has 1 aromatic heterocycles. The van der Waals surface area contributed by atoms with E-state index in [0.717, 1.165) is 11.3 Å². The zero-order valence-corrected chi connectivity index (χ0v) is 9.69. The van der Waals surface area contributed by atoms with Crippen molar-refractivity contribution in [2.24, 2.45) is 7.05 Å². The maximum Gasteiger partial charge on any atom is 0.130 e. The average molecular weight is 268 g/mol. The summed E-state index contributed by atoms with van der Waals surface area (Å²) < 4.78 is 2.30. The molecular formula is C10H10BrN3O. The summed E-state index contributed by atoms with van der Waals surface area (Å²) in [6, 6.07) is 5.25. The largest absolute Gasteiger partial charge is 0.507 e. The highest BCUT2D eigenvalue weighted by Crippen LogP contribution is 2.36. The Labute approximate surface area is 95.5 Å². The molecule has 0 bridgehead atoms. The van der Waals surface area contributed by atoms with Crippen molar-refractivity contribution in [1.82, 2.24) is 9.78 Å². The van der Waals surface area contributed by atoms with E-state index in [1.165, 1.54) is 0 Å². The highest BCUT2D eigenvalue weighted by Gasteiger charge is 2.13. The molecule has 0 saturated heterocycles. The van der Waals surface area contributed by atoms with Crippen LogP contribution in [0.25, 0.3) is 11.3 Å².